The molecule has 0 spiro atoms. The lowest BCUT2D eigenvalue weighted by atomic mass is 9.67. The van der Waals surface area contributed by atoms with Crippen molar-refractivity contribution in [3.8, 4) is 22.6 Å². The standard InChI is InChI=1S/C36H40O2/c1-24-10-12-25(13-11-24)26-14-16-27(17-15-26)30-22-37-33-20-18-28-6-2-4-8-31(28)35(33)36-32-9-5-3-7-29(32)19-21-34(36)38-23-30/h2-9,18-21,24-27,30H,10-17,22-23H2,1H3. The van der Waals surface area contributed by atoms with Gasteiger partial charge in [0.15, 0.2) is 0 Å². The molecule has 2 aliphatic carbocycles. The predicted molar refractivity (Wildman–Crippen MR) is 158 cm³/mol. The maximum absolute atomic E-state index is 6.76. The molecule has 0 saturated heterocycles. The topological polar surface area (TPSA) is 18.5 Å². The van der Waals surface area contributed by atoms with Crippen LogP contribution in [0, 0.1) is 29.6 Å². The van der Waals surface area contributed by atoms with Crippen LogP contribution in [0.1, 0.15) is 58.3 Å². The molecule has 2 nitrogen and oxygen atoms in total. The van der Waals surface area contributed by atoms with Gasteiger partial charge in [0.1, 0.15) is 11.5 Å². The summed E-state index contributed by atoms with van der Waals surface area (Å²) in [5.41, 5.74) is 2.34. The van der Waals surface area contributed by atoms with E-state index in [0.717, 1.165) is 42.5 Å². The molecule has 4 aromatic carbocycles. The zero-order chi connectivity index (χ0) is 25.5. The molecule has 3 aliphatic rings. The number of benzene rings is 4. The molecule has 196 valence electrons. The SMILES string of the molecule is CC1CCC(C2CCC(C3COc4ccc5ccccc5c4-c4c(ccc5ccccc45)OC3)CC2)CC1. The van der Waals surface area contributed by atoms with Crippen molar-refractivity contribution in [2.75, 3.05) is 13.2 Å². The highest BCUT2D eigenvalue weighted by Gasteiger charge is 2.34. The zero-order valence-electron chi connectivity index (χ0n) is 22.7. The van der Waals surface area contributed by atoms with Crippen molar-refractivity contribution in [1.82, 2.24) is 0 Å². The molecule has 1 heterocycles. The molecular weight excluding hydrogens is 464 g/mol. The summed E-state index contributed by atoms with van der Waals surface area (Å²) >= 11 is 0. The highest BCUT2D eigenvalue weighted by molar-refractivity contribution is 6.09. The highest BCUT2D eigenvalue weighted by atomic mass is 16.5. The molecule has 0 atom stereocenters. The van der Waals surface area contributed by atoms with Gasteiger partial charge in [0.05, 0.1) is 13.2 Å². The molecular formula is C36H40O2. The fraction of sp³-hybridized carbons (Fsp3) is 0.444. The molecule has 0 amide bonds. The first-order valence-corrected chi connectivity index (χ1v) is 15.0. The number of fused-ring (bicyclic) bond motifs is 7. The molecule has 2 fully saturated rings. The quantitative estimate of drug-likeness (QED) is 0.270. The van der Waals surface area contributed by atoms with Crippen molar-refractivity contribution in [2.24, 2.45) is 29.6 Å². The number of ether oxygens (including phenoxy) is 2. The summed E-state index contributed by atoms with van der Waals surface area (Å²) in [4.78, 5) is 0. The van der Waals surface area contributed by atoms with Crippen molar-refractivity contribution >= 4 is 21.5 Å². The molecule has 0 unspecified atom stereocenters. The van der Waals surface area contributed by atoms with Crippen molar-refractivity contribution in [2.45, 2.75) is 58.3 Å². The molecule has 0 radical (unpaired) electrons. The fourth-order valence-electron chi connectivity index (χ4n) is 7.82. The van der Waals surface area contributed by atoms with Gasteiger partial charge in [-0.2, -0.15) is 0 Å². The zero-order valence-corrected chi connectivity index (χ0v) is 22.7. The largest absolute Gasteiger partial charge is 0.492 e. The Bertz CT molecular complexity index is 1330. The minimum atomic E-state index is 0.416. The van der Waals surface area contributed by atoms with Gasteiger partial charge in [0.2, 0.25) is 0 Å². The summed E-state index contributed by atoms with van der Waals surface area (Å²) in [6.07, 6.45) is 11.2. The Labute approximate surface area is 227 Å². The van der Waals surface area contributed by atoms with Gasteiger partial charge in [-0.3, -0.25) is 0 Å². The molecule has 2 saturated carbocycles. The molecule has 0 bridgehead atoms. The van der Waals surface area contributed by atoms with Gasteiger partial charge < -0.3 is 9.47 Å². The maximum Gasteiger partial charge on any atom is 0.127 e. The average molecular weight is 505 g/mol. The van der Waals surface area contributed by atoms with Crippen LogP contribution < -0.4 is 9.47 Å². The van der Waals surface area contributed by atoms with Gasteiger partial charge in [-0.25, -0.2) is 0 Å². The second kappa shape index (κ2) is 10.3. The maximum atomic E-state index is 6.76. The van der Waals surface area contributed by atoms with Gasteiger partial charge in [-0.05, 0) is 95.9 Å². The minimum absolute atomic E-state index is 0.416. The van der Waals surface area contributed by atoms with E-state index in [1.165, 1.54) is 84.0 Å². The third-order valence-corrected chi connectivity index (χ3v) is 10.1. The van der Waals surface area contributed by atoms with Crippen LogP contribution in [0.2, 0.25) is 0 Å². The molecule has 4 aromatic rings. The first-order chi connectivity index (χ1) is 18.7. The van der Waals surface area contributed by atoms with Crippen LogP contribution in [0.3, 0.4) is 0 Å². The Balaban J connectivity index is 1.21. The minimum Gasteiger partial charge on any atom is -0.492 e. The van der Waals surface area contributed by atoms with Crippen LogP contribution in [-0.4, -0.2) is 13.2 Å². The third-order valence-electron chi connectivity index (χ3n) is 10.1. The number of hydrogen-bond donors (Lipinski definition) is 0. The smallest absolute Gasteiger partial charge is 0.127 e. The second-order valence-corrected chi connectivity index (χ2v) is 12.4. The lowest BCUT2D eigenvalue weighted by molar-refractivity contribution is 0.0797. The van der Waals surface area contributed by atoms with E-state index in [1.807, 2.05) is 0 Å². The fourth-order valence-corrected chi connectivity index (χ4v) is 7.82. The van der Waals surface area contributed by atoms with E-state index in [2.05, 4.69) is 79.7 Å². The van der Waals surface area contributed by atoms with Crippen molar-refractivity contribution in [3.63, 3.8) is 0 Å². The van der Waals surface area contributed by atoms with E-state index in [-0.39, 0.29) is 0 Å². The van der Waals surface area contributed by atoms with E-state index >= 15 is 0 Å². The normalized spacial score (nSPS) is 26.3. The monoisotopic (exact) mass is 504 g/mol. The van der Waals surface area contributed by atoms with E-state index in [4.69, 9.17) is 9.47 Å². The summed E-state index contributed by atoms with van der Waals surface area (Å²) in [6, 6.07) is 26.1. The Morgan fingerprint density at radius 1 is 0.474 bits per heavy atom. The van der Waals surface area contributed by atoms with Gasteiger partial charge in [0.25, 0.3) is 0 Å². The third kappa shape index (κ3) is 4.46. The Morgan fingerprint density at radius 3 is 1.39 bits per heavy atom. The second-order valence-electron chi connectivity index (χ2n) is 12.4. The summed E-state index contributed by atoms with van der Waals surface area (Å²) in [7, 11) is 0. The molecule has 1 aliphatic heterocycles. The number of rotatable bonds is 2. The van der Waals surface area contributed by atoms with Crippen LogP contribution >= 0.6 is 0 Å². The van der Waals surface area contributed by atoms with Gasteiger partial charge in [-0.15, -0.1) is 0 Å². The first-order valence-electron chi connectivity index (χ1n) is 15.0. The lowest BCUT2D eigenvalue weighted by Gasteiger charge is -2.39. The molecule has 0 aromatic heterocycles. The summed E-state index contributed by atoms with van der Waals surface area (Å²) in [5, 5.41) is 4.93. The molecule has 2 heteroatoms. The van der Waals surface area contributed by atoms with Crippen LogP contribution in [0.5, 0.6) is 11.5 Å². The molecule has 0 N–H and O–H groups in total. The Morgan fingerprint density at radius 2 is 0.895 bits per heavy atom. The van der Waals surface area contributed by atoms with E-state index in [1.54, 1.807) is 0 Å². The first kappa shape index (κ1) is 24.1. The van der Waals surface area contributed by atoms with Crippen molar-refractivity contribution < 1.29 is 9.47 Å². The lowest BCUT2D eigenvalue weighted by Crippen LogP contribution is -2.32. The Hall–Kier alpha value is -3.00. The van der Waals surface area contributed by atoms with Crippen LogP contribution in [-0.2, 0) is 0 Å². The van der Waals surface area contributed by atoms with Crippen LogP contribution in [0.15, 0.2) is 72.8 Å². The summed E-state index contributed by atoms with van der Waals surface area (Å²) < 4.78 is 13.5. The van der Waals surface area contributed by atoms with Gasteiger partial charge in [0, 0.05) is 17.0 Å². The van der Waals surface area contributed by atoms with E-state index < -0.39 is 0 Å². The predicted octanol–water partition coefficient (Wildman–Crippen LogP) is 9.68. The average Bonchev–Trinajstić information content (AvgIpc) is 3.05. The van der Waals surface area contributed by atoms with Gasteiger partial charge in [-0.1, -0.05) is 80.4 Å². The highest BCUT2D eigenvalue weighted by Crippen LogP contribution is 2.48. The number of hydrogen-bond acceptors (Lipinski definition) is 2. The molecule has 38 heavy (non-hydrogen) atoms. The van der Waals surface area contributed by atoms with E-state index in [9.17, 15) is 0 Å². The van der Waals surface area contributed by atoms with Gasteiger partial charge >= 0.3 is 0 Å². The van der Waals surface area contributed by atoms with Crippen molar-refractivity contribution in [3.05, 3.63) is 72.8 Å². The summed E-state index contributed by atoms with van der Waals surface area (Å²) in [6.45, 7) is 3.90. The summed E-state index contributed by atoms with van der Waals surface area (Å²) in [5.74, 6) is 5.93. The van der Waals surface area contributed by atoms with Crippen LogP contribution in [0.4, 0.5) is 0 Å². The van der Waals surface area contributed by atoms with Crippen molar-refractivity contribution in [1.29, 1.82) is 0 Å². The molecule has 7 rings (SSSR count). The van der Waals surface area contributed by atoms with Crippen LogP contribution in [0.25, 0.3) is 32.7 Å². The Kier molecular flexibility index (Phi) is 6.51. The van der Waals surface area contributed by atoms with E-state index in [0.29, 0.717) is 11.8 Å².